The molecule has 27 heavy (non-hydrogen) atoms. The van der Waals surface area contributed by atoms with Crippen LogP contribution in [0.1, 0.15) is 32.6 Å². The van der Waals surface area contributed by atoms with E-state index in [1.54, 1.807) is 0 Å². The van der Waals surface area contributed by atoms with E-state index < -0.39 is 70.0 Å². The lowest BCUT2D eigenvalue weighted by molar-refractivity contribution is -0.177. The van der Waals surface area contributed by atoms with Gasteiger partial charge in [0.25, 0.3) is 0 Å². The van der Waals surface area contributed by atoms with Crippen molar-refractivity contribution in [3.8, 4) is 0 Å². The molecule has 1 spiro atoms. The molecule has 10 atom stereocenters. The van der Waals surface area contributed by atoms with Crippen LogP contribution in [0, 0.1) is 28.6 Å². The molecule has 4 bridgehead atoms. The average Bonchev–Trinajstić information content (AvgIpc) is 3.01. The first-order valence-electron chi connectivity index (χ1n) is 9.40. The van der Waals surface area contributed by atoms with Gasteiger partial charge in [-0.2, -0.15) is 0 Å². The van der Waals surface area contributed by atoms with Crippen LogP contribution in [0.5, 0.6) is 0 Å². The van der Waals surface area contributed by atoms with Gasteiger partial charge in [0.05, 0.1) is 29.6 Å². The van der Waals surface area contributed by atoms with Crippen LogP contribution >= 0.6 is 0 Å². The monoisotopic (exact) mass is 380 g/mol. The third-order valence-electron chi connectivity index (χ3n) is 8.79. The number of esters is 1. The molecule has 0 aromatic rings. The van der Waals surface area contributed by atoms with Crippen molar-refractivity contribution in [1.82, 2.24) is 0 Å². The second kappa shape index (κ2) is 4.56. The summed E-state index contributed by atoms with van der Waals surface area (Å²) < 4.78 is 5.83. The van der Waals surface area contributed by atoms with Gasteiger partial charge in [0.2, 0.25) is 0 Å². The van der Waals surface area contributed by atoms with Crippen LogP contribution in [0.3, 0.4) is 0 Å². The highest BCUT2D eigenvalue weighted by Gasteiger charge is 2.87. The molecular formula is C19H24O8. The fraction of sp³-hybridized carbons (Fsp3) is 0.789. The van der Waals surface area contributed by atoms with Gasteiger partial charge < -0.3 is 30.3 Å². The Morgan fingerprint density at radius 3 is 2.56 bits per heavy atom. The number of aliphatic hydroxyl groups excluding tert-OH is 3. The highest BCUT2D eigenvalue weighted by atomic mass is 16.6. The van der Waals surface area contributed by atoms with Crippen molar-refractivity contribution in [1.29, 1.82) is 0 Å². The first-order chi connectivity index (χ1) is 12.5. The molecule has 1 aliphatic heterocycles. The Labute approximate surface area is 155 Å². The largest absolute Gasteiger partial charge is 0.481 e. The van der Waals surface area contributed by atoms with Gasteiger partial charge in [-0.15, -0.1) is 0 Å². The number of aliphatic carboxylic acids is 1. The maximum absolute atomic E-state index is 12.8. The molecule has 1 saturated heterocycles. The standard InChI is InChI=1S/C19H24O8/c1-7-13(22)17-6-18(7,26)10(21)5-8(17)19-4-3-9(20)16(2,15(25)27-19)12(19)11(17)14(23)24/h8-13,20-22,26H,1,3-6H2,2H3,(H,23,24). The lowest BCUT2D eigenvalue weighted by atomic mass is 9.59. The predicted octanol–water partition coefficient (Wildman–Crippen LogP) is -0.807. The molecule has 148 valence electrons. The Bertz CT molecular complexity index is 795. The number of ether oxygens (including phenoxy) is 1. The van der Waals surface area contributed by atoms with Crippen molar-refractivity contribution in [3.63, 3.8) is 0 Å². The van der Waals surface area contributed by atoms with E-state index in [1.807, 2.05) is 0 Å². The van der Waals surface area contributed by atoms with E-state index >= 15 is 0 Å². The molecule has 0 aromatic heterocycles. The van der Waals surface area contributed by atoms with Gasteiger partial charge in [-0.3, -0.25) is 9.59 Å². The summed E-state index contributed by atoms with van der Waals surface area (Å²) in [5.41, 5.74) is -5.63. The van der Waals surface area contributed by atoms with E-state index in [0.717, 1.165) is 0 Å². The van der Waals surface area contributed by atoms with Gasteiger partial charge >= 0.3 is 11.9 Å². The van der Waals surface area contributed by atoms with E-state index in [-0.39, 0.29) is 31.3 Å². The second-order valence-electron chi connectivity index (χ2n) is 9.42. The Morgan fingerprint density at radius 2 is 1.93 bits per heavy atom. The quantitative estimate of drug-likeness (QED) is 0.293. The molecule has 5 N–H and O–H groups in total. The zero-order valence-electron chi connectivity index (χ0n) is 15.0. The van der Waals surface area contributed by atoms with E-state index in [0.29, 0.717) is 0 Å². The highest BCUT2D eigenvalue weighted by molar-refractivity contribution is 5.85. The number of carbonyl (C=O) groups excluding carboxylic acids is 1. The lowest BCUT2D eigenvalue weighted by Gasteiger charge is -2.47. The zero-order valence-corrected chi connectivity index (χ0v) is 15.0. The molecule has 5 fully saturated rings. The van der Waals surface area contributed by atoms with Crippen molar-refractivity contribution in [2.45, 2.75) is 62.1 Å². The van der Waals surface area contributed by atoms with Crippen LogP contribution in [0.25, 0.3) is 0 Å². The summed E-state index contributed by atoms with van der Waals surface area (Å²) in [6.45, 7) is 5.30. The molecule has 8 heteroatoms. The summed E-state index contributed by atoms with van der Waals surface area (Å²) in [4.78, 5) is 25.2. The van der Waals surface area contributed by atoms with E-state index in [2.05, 4.69) is 6.58 Å². The number of carbonyl (C=O) groups is 2. The summed E-state index contributed by atoms with van der Waals surface area (Å²) in [7, 11) is 0. The van der Waals surface area contributed by atoms with Gasteiger partial charge in [0.1, 0.15) is 11.2 Å². The predicted molar refractivity (Wildman–Crippen MR) is 88.0 cm³/mol. The number of rotatable bonds is 1. The third kappa shape index (κ3) is 1.48. The maximum atomic E-state index is 12.8. The first kappa shape index (κ1) is 17.6. The van der Waals surface area contributed by atoms with E-state index in [4.69, 9.17) is 4.74 Å². The maximum Gasteiger partial charge on any atom is 0.315 e. The molecule has 0 amide bonds. The van der Waals surface area contributed by atoms with Gasteiger partial charge in [-0.1, -0.05) is 6.58 Å². The van der Waals surface area contributed by atoms with Crippen molar-refractivity contribution < 1.29 is 39.9 Å². The number of aliphatic hydroxyl groups is 4. The van der Waals surface area contributed by atoms with Gasteiger partial charge in [0.15, 0.2) is 0 Å². The van der Waals surface area contributed by atoms with Gasteiger partial charge in [0, 0.05) is 17.3 Å². The van der Waals surface area contributed by atoms with Gasteiger partial charge in [-0.05, 0) is 38.2 Å². The van der Waals surface area contributed by atoms with Crippen LogP contribution in [-0.4, -0.2) is 67.0 Å². The lowest BCUT2D eigenvalue weighted by Crippen LogP contribution is -2.55. The number of fused-ring (bicyclic) bond motifs is 1. The fourth-order valence-electron chi connectivity index (χ4n) is 7.64. The smallest absolute Gasteiger partial charge is 0.315 e. The Balaban J connectivity index is 1.80. The molecular weight excluding hydrogens is 356 g/mol. The van der Waals surface area contributed by atoms with Crippen molar-refractivity contribution in [2.24, 2.45) is 28.6 Å². The Morgan fingerprint density at radius 1 is 1.26 bits per heavy atom. The topological polar surface area (TPSA) is 145 Å². The minimum atomic E-state index is -1.77. The van der Waals surface area contributed by atoms with Crippen LogP contribution in [0.2, 0.25) is 0 Å². The second-order valence-corrected chi connectivity index (χ2v) is 9.42. The van der Waals surface area contributed by atoms with E-state index in [1.165, 1.54) is 6.92 Å². The molecule has 4 aliphatic carbocycles. The number of carboxylic acid groups (broad SMARTS) is 1. The molecule has 0 radical (unpaired) electrons. The minimum Gasteiger partial charge on any atom is -0.481 e. The summed E-state index contributed by atoms with van der Waals surface area (Å²) >= 11 is 0. The zero-order chi connectivity index (χ0) is 19.7. The minimum absolute atomic E-state index is 0.00627. The Hall–Kier alpha value is -1.48. The van der Waals surface area contributed by atoms with Crippen LogP contribution in [0.15, 0.2) is 12.2 Å². The molecule has 5 rings (SSSR count). The normalized spacial score (nSPS) is 60.8. The SMILES string of the molecule is C=C1C(O)C23CC1(O)C(O)CC2C12CCC(O)C(C)(C(=O)O1)C2C3C(=O)O. The number of hydrogen-bond acceptors (Lipinski definition) is 7. The summed E-state index contributed by atoms with van der Waals surface area (Å²) in [6.07, 6.45) is -3.23. The van der Waals surface area contributed by atoms with Crippen molar-refractivity contribution in [3.05, 3.63) is 12.2 Å². The molecule has 4 saturated carbocycles. The number of carboxylic acids is 1. The Kier molecular flexibility index (Phi) is 2.98. The van der Waals surface area contributed by atoms with Crippen LogP contribution in [0.4, 0.5) is 0 Å². The third-order valence-corrected chi connectivity index (χ3v) is 8.79. The van der Waals surface area contributed by atoms with E-state index in [9.17, 15) is 35.1 Å². The fourth-order valence-corrected chi connectivity index (χ4v) is 7.64. The average molecular weight is 380 g/mol. The van der Waals surface area contributed by atoms with Crippen molar-refractivity contribution >= 4 is 11.9 Å². The summed E-state index contributed by atoms with van der Waals surface area (Å²) in [5, 5.41) is 53.5. The first-order valence-corrected chi connectivity index (χ1v) is 9.40. The summed E-state index contributed by atoms with van der Waals surface area (Å²) in [6, 6.07) is 0. The van der Waals surface area contributed by atoms with Gasteiger partial charge in [-0.25, -0.2) is 0 Å². The molecule has 5 aliphatic rings. The highest BCUT2D eigenvalue weighted by Crippen LogP contribution is 2.78. The van der Waals surface area contributed by atoms with Crippen molar-refractivity contribution in [2.75, 3.05) is 0 Å². The molecule has 10 unspecified atom stereocenters. The summed E-state index contributed by atoms with van der Waals surface area (Å²) in [5.74, 6) is -4.52. The molecule has 1 heterocycles. The molecule has 8 nitrogen and oxygen atoms in total. The molecule has 0 aromatic carbocycles. The van der Waals surface area contributed by atoms with Crippen LogP contribution < -0.4 is 0 Å². The number of hydrogen-bond donors (Lipinski definition) is 5. The van der Waals surface area contributed by atoms with Crippen LogP contribution in [-0.2, 0) is 14.3 Å².